The average Bonchev–Trinajstić information content (AvgIpc) is 2.85. The Bertz CT molecular complexity index is 637. The van der Waals surface area contributed by atoms with Crippen LogP contribution in [0.15, 0.2) is 28.1 Å². The van der Waals surface area contributed by atoms with Crippen LogP contribution in [-0.2, 0) is 4.79 Å². The molecule has 0 aromatic heterocycles. The fourth-order valence-electron chi connectivity index (χ4n) is 2.37. The zero-order valence-corrected chi connectivity index (χ0v) is 12.1. The molecule has 1 saturated heterocycles. The summed E-state index contributed by atoms with van der Waals surface area (Å²) in [6.07, 6.45) is 4.97. The molecule has 0 bridgehead atoms. The van der Waals surface area contributed by atoms with Crippen molar-refractivity contribution in [3.8, 4) is 0 Å². The van der Waals surface area contributed by atoms with Crippen LogP contribution in [-0.4, -0.2) is 29.1 Å². The van der Waals surface area contributed by atoms with Gasteiger partial charge in [-0.25, -0.2) is 8.78 Å². The molecule has 3 rings (SSSR count). The molecule has 2 aliphatic heterocycles. The first-order chi connectivity index (χ1) is 10.1. The smallest absolute Gasteiger partial charge is 0.286 e. The van der Waals surface area contributed by atoms with Crippen molar-refractivity contribution in [2.45, 2.75) is 19.3 Å². The van der Waals surface area contributed by atoms with E-state index >= 15 is 0 Å². The molecule has 1 amide bonds. The van der Waals surface area contributed by atoms with Crippen LogP contribution in [0.2, 0.25) is 0 Å². The van der Waals surface area contributed by atoms with Crippen molar-refractivity contribution in [2.24, 2.45) is 4.99 Å². The van der Waals surface area contributed by atoms with E-state index in [0.717, 1.165) is 38.1 Å². The Morgan fingerprint density at radius 2 is 1.90 bits per heavy atom. The van der Waals surface area contributed by atoms with Gasteiger partial charge in [0.1, 0.15) is 0 Å². The minimum atomic E-state index is -0.919. The highest BCUT2D eigenvalue weighted by atomic mass is 32.2. The predicted molar refractivity (Wildman–Crippen MR) is 79.8 cm³/mol. The molecule has 0 atom stereocenters. The van der Waals surface area contributed by atoms with E-state index < -0.39 is 11.6 Å². The van der Waals surface area contributed by atoms with Crippen molar-refractivity contribution in [1.82, 2.24) is 4.90 Å². The molecule has 110 valence electrons. The van der Waals surface area contributed by atoms with E-state index in [2.05, 4.69) is 9.89 Å². The van der Waals surface area contributed by atoms with Crippen molar-refractivity contribution < 1.29 is 13.6 Å². The third-order valence-electron chi connectivity index (χ3n) is 3.48. The Morgan fingerprint density at radius 3 is 2.62 bits per heavy atom. The zero-order valence-electron chi connectivity index (χ0n) is 11.3. The fourth-order valence-corrected chi connectivity index (χ4v) is 3.34. The zero-order chi connectivity index (χ0) is 14.8. The number of halogens is 2. The van der Waals surface area contributed by atoms with Gasteiger partial charge in [0.2, 0.25) is 0 Å². The molecule has 2 heterocycles. The number of benzene rings is 1. The quantitative estimate of drug-likeness (QED) is 0.745. The minimum Gasteiger partial charge on any atom is -0.351 e. The Balaban J connectivity index is 1.77. The monoisotopic (exact) mass is 308 g/mol. The Labute approximate surface area is 125 Å². The first-order valence-corrected chi connectivity index (χ1v) is 7.68. The van der Waals surface area contributed by atoms with Gasteiger partial charge in [0.05, 0.1) is 4.91 Å². The summed E-state index contributed by atoms with van der Waals surface area (Å²) in [5.74, 6) is -2.13. The van der Waals surface area contributed by atoms with Gasteiger partial charge in [-0.3, -0.25) is 4.79 Å². The second-order valence-electron chi connectivity index (χ2n) is 5.03. The molecule has 0 unspecified atom stereocenters. The summed E-state index contributed by atoms with van der Waals surface area (Å²) in [7, 11) is 0. The first-order valence-electron chi connectivity index (χ1n) is 6.86. The third-order valence-corrected chi connectivity index (χ3v) is 4.52. The molecule has 0 saturated carbocycles. The Kier molecular flexibility index (Phi) is 4.05. The number of thioether (sulfide) groups is 1. The normalized spacial score (nSPS) is 21.0. The molecule has 21 heavy (non-hydrogen) atoms. The summed E-state index contributed by atoms with van der Waals surface area (Å²) in [5, 5.41) is 0.716. The summed E-state index contributed by atoms with van der Waals surface area (Å²) in [5.41, 5.74) is 0.458. The van der Waals surface area contributed by atoms with Crippen LogP contribution in [0.3, 0.4) is 0 Å². The van der Waals surface area contributed by atoms with Crippen LogP contribution >= 0.6 is 11.8 Å². The molecule has 3 nitrogen and oxygen atoms in total. The van der Waals surface area contributed by atoms with Gasteiger partial charge in [-0.05, 0) is 54.8 Å². The first kappa shape index (κ1) is 14.3. The number of hydrogen-bond acceptors (Lipinski definition) is 3. The number of carbonyl (C=O) groups excluding carboxylic acids is 1. The van der Waals surface area contributed by atoms with E-state index in [1.807, 2.05) is 0 Å². The lowest BCUT2D eigenvalue weighted by molar-refractivity contribution is -0.113. The lowest BCUT2D eigenvalue weighted by Gasteiger charge is -2.27. The van der Waals surface area contributed by atoms with Gasteiger partial charge in [0, 0.05) is 13.1 Å². The van der Waals surface area contributed by atoms with E-state index in [4.69, 9.17) is 0 Å². The van der Waals surface area contributed by atoms with Gasteiger partial charge in [-0.15, -0.1) is 0 Å². The van der Waals surface area contributed by atoms with Crippen molar-refractivity contribution in [1.29, 1.82) is 0 Å². The molecular weight excluding hydrogens is 294 g/mol. The number of amidine groups is 1. The van der Waals surface area contributed by atoms with Gasteiger partial charge in [-0.1, -0.05) is 6.07 Å². The van der Waals surface area contributed by atoms with Gasteiger partial charge in [-0.2, -0.15) is 4.99 Å². The summed E-state index contributed by atoms with van der Waals surface area (Å²) < 4.78 is 26.1. The van der Waals surface area contributed by atoms with Crippen molar-refractivity contribution in [2.75, 3.05) is 13.1 Å². The largest absolute Gasteiger partial charge is 0.351 e. The number of hydrogen-bond donors (Lipinski definition) is 0. The number of amides is 1. The summed E-state index contributed by atoms with van der Waals surface area (Å²) in [4.78, 5) is 18.5. The van der Waals surface area contributed by atoms with Crippen LogP contribution in [0.4, 0.5) is 8.78 Å². The van der Waals surface area contributed by atoms with E-state index in [-0.39, 0.29) is 5.91 Å². The van der Waals surface area contributed by atoms with Gasteiger partial charge >= 0.3 is 0 Å². The second kappa shape index (κ2) is 5.97. The lowest BCUT2D eigenvalue weighted by atomic mass is 10.1. The lowest BCUT2D eigenvalue weighted by Crippen LogP contribution is -2.33. The maximum Gasteiger partial charge on any atom is 0.286 e. The van der Waals surface area contributed by atoms with Crippen LogP contribution < -0.4 is 0 Å². The number of nitrogens with zero attached hydrogens (tertiary/aromatic N) is 2. The number of carbonyl (C=O) groups is 1. The van der Waals surface area contributed by atoms with E-state index in [1.54, 1.807) is 6.08 Å². The van der Waals surface area contributed by atoms with E-state index in [0.29, 0.717) is 15.6 Å². The number of rotatable bonds is 1. The standard InChI is InChI=1S/C15H14F2N2OS/c16-11-5-4-10(8-12(11)17)9-13-14(20)18-15(21-13)19-6-2-1-3-7-19/h4-5,8-9H,1-3,6-7H2. The van der Waals surface area contributed by atoms with Crippen molar-refractivity contribution >= 4 is 28.9 Å². The van der Waals surface area contributed by atoms with E-state index in [9.17, 15) is 13.6 Å². The molecule has 0 aliphatic carbocycles. The summed E-state index contributed by atoms with van der Waals surface area (Å²) in [6, 6.07) is 3.57. The van der Waals surface area contributed by atoms with E-state index in [1.165, 1.54) is 24.2 Å². The van der Waals surface area contributed by atoms with Crippen LogP contribution in [0, 0.1) is 11.6 Å². The van der Waals surface area contributed by atoms with Crippen LogP contribution in [0.5, 0.6) is 0 Å². The van der Waals surface area contributed by atoms with Crippen LogP contribution in [0.1, 0.15) is 24.8 Å². The molecule has 2 aliphatic rings. The minimum absolute atomic E-state index is 0.315. The molecule has 0 spiro atoms. The molecule has 0 N–H and O–H groups in total. The summed E-state index contributed by atoms with van der Waals surface area (Å²) >= 11 is 1.30. The maximum atomic E-state index is 13.2. The molecular formula is C15H14F2N2OS. The SMILES string of the molecule is O=C1N=C(N2CCCCC2)SC1=Cc1ccc(F)c(F)c1. The predicted octanol–water partition coefficient (Wildman–Crippen LogP) is 3.42. The molecule has 1 fully saturated rings. The van der Waals surface area contributed by atoms with Gasteiger partial charge < -0.3 is 4.90 Å². The van der Waals surface area contributed by atoms with Gasteiger partial charge in [0.25, 0.3) is 5.91 Å². The Hall–Kier alpha value is -1.69. The maximum absolute atomic E-state index is 13.2. The van der Waals surface area contributed by atoms with Gasteiger partial charge in [0.15, 0.2) is 16.8 Å². The highest BCUT2D eigenvalue weighted by Gasteiger charge is 2.26. The molecule has 6 heteroatoms. The van der Waals surface area contributed by atoms with Crippen molar-refractivity contribution in [3.63, 3.8) is 0 Å². The molecule has 1 aromatic carbocycles. The molecule has 0 radical (unpaired) electrons. The number of aliphatic imine (C=N–C) groups is 1. The molecule has 1 aromatic rings. The average molecular weight is 308 g/mol. The Morgan fingerprint density at radius 1 is 1.14 bits per heavy atom. The fraction of sp³-hybridized carbons (Fsp3) is 0.333. The summed E-state index contributed by atoms with van der Waals surface area (Å²) in [6.45, 7) is 1.83. The number of likely N-dealkylation sites (tertiary alicyclic amines) is 1. The highest BCUT2D eigenvalue weighted by molar-refractivity contribution is 8.18. The highest BCUT2D eigenvalue weighted by Crippen LogP contribution is 2.31. The van der Waals surface area contributed by atoms with Crippen LogP contribution in [0.25, 0.3) is 6.08 Å². The third kappa shape index (κ3) is 3.15. The van der Waals surface area contributed by atoms with Crippen molar-refractivity contribution in [3.05, 3.63) is 40.3 Å². The number of piperidine rings is 1. The topological polar surface area (TPSA) is 32.7 Å². The second-order valence-corrected chi connectivity index (χ2v) is 6.04.